The normalized spacial score (nSPS) is 11.9. The predicted molar refractivity (Wildman–Crippen MR) is 96.2 cm³/mol. The molecule has 0 bridgehead atoms. The monoisotopic (exact) mass is 349 g/mol. The van der Waals surface area contributed by atoms with E-state index in [1.807, 2.05) is 19.9 Å². The van der Waals surface area contributed by atoms with Crippen LogP contribution in [0.15, 0.2) is 64.6 Å². The molecule has 0 spiro atoms. The summed E-state index contributed by atoms with van der Waals surface area (Å²) in [4.78, 5) is 13.5. The van der Waals surface area contributed by atoms with E-state index in [1.54, 1.807) is 48.8 Å². The van der Waals surface area contributed by atoms with E-state index in [4.69, 9.17) is 0 Å². The first-order valence-electron chi connectivity index (χ1n) is 7.80. The summed E-state index contributed by atoms with van der Waals surface area (Å²) in [7, 11) is -3.68. The Hall–Kier alpha value is -2.86. The van der Waals surface area contributed by atoms with E-state index in [9.17, 15) is 8.42 Å². The van der Waals surface area contributed by atoms with Crippen molar-refractivity contribution in [3.05, 3.63) is 66.2 Å². The first kappa shape index (κ1) is 15.7. The van der Waals surface area contributed by atoms with Gasteiger partial charge in [0.25, 0.3) is 0 Å². The van der Waals surface area contributed by atoms with E-state index < -0.39 is 9.84 Å². The number of nitrogens with zero attached hydrogens (tertiary/aromatic N) is 3. The van der Waals surface area contributed by atoms with Gasteiger partial charge in [-0.2, -0.15) is 0 Å². The Morgan fingerprint density at radius 2 is 1.64 bits per heavy atom. The number of benzene rings is 2. The highest BCUT2D eigenvalue weighted by molar-refractivity contribution is 7.91. The third kappa shape index (κ3) is 2.55. The molecule has 6 heteroatoms. The molecule has 124 valence electrons. The summed E-state index contributed by atoms with van der Waals surface area (Å²) in [6.45, 7) is 3.75. The fraction of sp³-hybridized carbons (Fsp3) is 0.105. The summed E-state index contributed by atoms with van der Waals surface area (Å²) in [6, 6.07) is 11.8. The highest BCUT2D eigenvalue weighted by Gasteiger charge is 2.21. The van der Waals surface area contributed by atoms with E-state index >= 15 is 0 Å². The second kappa shape index (κ2) is 5.60. The van der Waals surface area contributed by atoms with Crippen LogP contribution in [0.3, 0.4) is 0 Å². The van der Waals surface area contributed by atoms with Crippen molar-refractivity contribution < 1.29 is 8.42 Å². The number of hydrogen-bond acceptors (Lipinski definition) is 5. The van der Waals surface area contributed by atoms with Crippen LogP contribution in [0, 0.1) is 13.8 Å². The Morgan fingerprint density at radius 1 is 0.880 bits per heavy atom. The highest BCUT2D eigenvalue weighted by Crippen LogP contribution is 2.29. The fourth-order valence-electron chi connectivity index (χ4n) is 2.83. The Kier molecular flexibility index (Phi) is 3.51. The molecule has 0 saturated carbocycles. The van der Waals surface area contributed by atoms with Gasteiger partial charge in [-0.15, -0.1) is 0 Å². The van der Waals surface area contributed by atoms with Crippen LogP contribution >= 0.6 is 0 Å². The van der Waals surface area contributed by atoms with E-state index in [1.165, 1.54) is 0 Å². The van der Waals surface area contributed by atoms with Gasteiger partial charge >= 0.3 is 0 Å². The Balaban J connectivity index is 1.96. The molecule has 25 heavy (non-hydrogen) atoms. The Bertz CT molecular complexity index is 1230. The third-order valence-electron chi connectivity index (χ3n) is 4.29. The average molecular weight is 349 g/mol. The maximum atomic E-state index is 13.2. The molecule has 0 aliphatic heterocycles. The summed E-state index contributed by atoms with van der Waals surface area (Å²) < 4.78 is 26.3. The lowest BCUT2D eigenvalue weighted by Gasteiger charge is -2.09. The van der Waals surface area contributed by atoms with Gasteiger partial charge in [-0.25, -0.2) is 18.4 Å². The number of fused-ring (bicyclic) bond motifs is 2. The van der Waals surface area contributed by atoms with Crippen molar-refractivity contribution in [1.29, 1.82) is 0 Å². The molecule has 2 heterocycles. The summed E-state index contributed by atoms with van der Waals surface area (Å²) in [5.41, 5.74) is 2.89. The van der Waals surface area contributed by atoms with Crippen LogP contribution < -0.4 is 0 Å². The molecule has 0 N–H and O–H groups in total. The van der Waals surface area contributed by atoms with Crippen molar-refractivity contribution >= 4 is 31.6 Å². The lowest BCUT2D eigenvalue weighted by Crippen LogP contribution is -2.04. The first-order chi connectivity index (χ1) is 12.0. The number of pyridine rings is 1. The van der Waals surface area contributed by atoms with Crippen molar-refractivity contribution in [1.82, 2.24) is 15.0 Å². The van der Waals surface area contributed by atoms with Crippen LogP contribution in [-0.4, -0.2) is 23.4 Å². The van der Waals surface area contributed by atoms with E-state index in [-0.39, 0.29) is 9.79 Å². The zero-order chi connectivity index (χ0) is 17.6. The maximum Gasteiger partial charge on any atom is 0.207 e. The molecule has 2 aromatic carbocycles. The number of aryl methyl sites for hydroxylation is 2. The summed E-state index contributed by atoms with van der Waals surface area (Å²) in [6.07, 6.45) is 3.26. The Morgan fingerprint density at radius 3 is 2.44 bits per heavy atom. The molecule has 0 aliphatic rings. The molecule has 2 aromatic heterocycles. The molecule has 0 fully saturated rings. The van der Waals surface area contributed by atoms with Gasteiger partial charge < -0.3 is 0 Å². The molecular weight excluding hydrogens is 334 g/mol. The van der Waals surface area contributed by atoms with Crippen molar-refractivity contribution in [3.8, 4) is 0 Å². The zero-order valence-electron chi connectivity index (χ0n) is 13.8. The third-order valence-corrected chi connectivity index (χ3v) is 6.10. The molecular formula is C19H15N3O2S. The minimum atomic E-state index is -3.68. The molecule has 0 saturated heterocycles. The number of aromatic nitrogens is 3. The second-order valence-electron chi connectivity index (χ2n) is 5.90. The highest BCUT2D eigenvalue weighted by atomic mass is 32.2. The molecule has 4 aromatic rings. The molecule has 0 unspecified atom stereocenters. The van der Waals surface area contributed by atoms with Crippen LogP contribution in [0.1, 0.15) is 11.4 Å². The smallest absolute Gasteiger partial charge is 0.207 e. The van der Waals surface area contributed by atoms with Crippen molar-refractivity contribution in [2.75, 3.05) is 0 Å². The minimum Gasteiger partial charge on any atom is -0.264 e. The zero-order valence-corrected chi connectivity index (χ0v) is 14.6. The van der Waals surface area contributed by atoms with E-state index in [2.05, 4.69) is 15.0 Å². The summed E-state index contributed by atoms with van der Waals surface area (Å²) in [5.74, 6) is 0. The quantitative estimate of drug-likeness (QED) is 0.552. The summed E-state index contributed by atoms with van der Waals surface area (Å²) >= 11 is 0. The second-order valence-corrected chi connectivity index (χ2v) is 7.82. The van der Waals surface area contributed by atoms with Gasteiger partial charge in [-0.05, 0) is 44.2 Å². The lowest BCUT2D eigenvalue weighted by molar-refractivity contribution is 0.597. The topological polar surface area (TPSA) is 72.8 Å². The van der Waals surface area contributed by atoms with Gasteiger partial charge in [0, 0.05) is 23.2 Å². The van der Waals surface area contributed by atoms with Crippen molar-refractivity contribution in [2.24, 2.45) is 0 Å². The number of rotatable bonds is 2. The molecule has 4 rings (SSSR count). The van der Waals surface area contributed by atoms with Gasteiger partial charge in [-0.3, -0.25) is 4.98 Å². The van der Waals surface area contributed by atoms with Crippen LogP contribution in [0.2, 0.25) is 0 Å². The van der Waals surface area contributed by atoms with E-state index in [0.717, 1.165) is 16.8 Å². The van der Waals surface area contributed by atoms with Gasteiger partial charge in [-0.1, -0.05) is 12.1 Å². The SMILES string of the molecule is Cc1nc2ccc(S(=O)(=O)c3cccc4cnccc34)cc2nc1C. The maximum absolute atomic E-state index is 13.2. The van der Waals surface area contributed by atoms with Crippen LogP contribution in [0.5, 0.6) is 0 Å². The van der Waals surface area contributed by atoms with Crippen molar-refractivity contribution in [3.63, 3.8) is 0 Å². The lowest BCUT2D eigenvalue weighted by atomic mass is 10.2. The molecule has 5 nitrogen and oxygen atoms in total. The standard InChI is InChI=1S/C19H15N3O2S/c1-12-13(2)22-18-10-15(6-7-17(18)21-12)25(23,24)19-5-3-4-14-11-20-9-8-16(14)19/h3-11H,1-2H3. The van der Waals surface area contributed by atoms with E-state index in [0.29, 0.717) is 16.4 Å². The largest absolute Gasteiger partial charge is 0.264 e. The average Bonchev–Trinajstić information content (AvgIpc) is 2.61. The van der Waals surface area contributed by atoms with Crippen LogP contribution in [-0.2, 0) is 9.84 Å². The molecule has 0 radical (unpaired) electrons. The van der Waals surface area contributed by atoms with Gasteiger partial charge in [0.05, 0.1) is 32.2 Å². The predicted octanol–water partition coefficient (Wildman–Crippen LogP) is 3.63. The molecule has 0 amide bonds. The minimum absolute atomic E-state index is 0.210. The van der Waals surface area contributed by atoms with Gasteiger partial charge in [0.2, 0.25) is 9.84 Å². The molecule has 0 atom stereocenters. The summed E-state index contributed by atoms with van der Waals surface area (Å²) in [5, 5.41) is 1.44. The van der Waals surface area contributed by atoms with Gasteiger partial charge in [0.15, 0.2) is 0 Å². The first-order valence-corrected chi connectivity index (χ1v) is 9.28. The Labute approximate surface area is 145 Å². The van der Waals surface area contributed by atoms with Crippen LogP contribution in [0.4, 0.5) is 0 Å². The van der Waals surface area contributed by atoms with Gasteiger partial charge in [0.1, 0.15) is 0 Å². The van der Waals surface area contributed by atoms with Crippen molar-refractivity contribution in [2.45, 2.75) is 23.6 Å². The fourth-order valence-corrected chi connectivity index (χ4v) is 4.33. The molecule has 0 aliphatic carbocycles. The number of sulfone groups is 1. The van der Waals surface area contributed by atoms with Crippen LogP contribution in [0.25, 0.3) is 21.8 Å². The number of hydrogen-bond donors (Lipinski definition) is 0.